The fourth-order valence-corrected chi connectivity index (χ4v) is 2.95. The van der Waals surface area contributed by atoms with Gasteiger partial charge >= 0.3 is 0 Å². The number of aromatic nitrogens is 2. The molecule has 1 aromatic rings. The van der Waals surface area contributed by atoms with Crippen LogP contribution in [0.15, 0.2) is 18.6 Å². The van der Waals surface area contributed by atoms with E-state index < -0.39 is 0 Å². The second kappa shape index (κ2) is 5.56. The van der Waals surface area contributed by atoms with Crippen LogP contribution in [0.2, 0.25) is 0 Å². The van der Waals surface area contributed by atoms with Crippen LogP contribution in [0, 0.1) is 0 Å². The summed E-state index contributed by atoms with van der Waals surface area (Å²) in [6.07, 6.45) is 6.36. The molecule has 2 aliphatic heterocycles. The Hall–Kier alpha value is -1.98. The highest BCUT2D eigenvalue weighted by molar-refractivity contribution is 5.90. The number of fused-ring (bicyclic) bond motifs is 1. The zero-order valence-corrected chi connectivity index (χ0v) is 11.4. The smallest absolute Gasteiger partial charge is 0.245 e. The Morgan fingerprint density at radius 1 is 1.25 bits per heavy atom. The molecule has 106 valence electrons. The molecule has 2 amide bonds. The van der Waals surface area contributed by atoms with Crippen molar-refractivity contribution in [3.63, 3.8) is 0 Å². The molecule has 2 fully saturated rings. The van der Waals surface area contributed by atoms with Crippen molar-refractivity contribution in [2.75, 3.05) is 13.1 Å². The highest BCUT2D eigenvalue weighted by Gasteiger charge is 2.37. The first-order valence-electron chi connectivity index (χ1n) is 7.09. The number of piperidine rings is 1. The van der Waals surface area contributed by atoms with Gasteiger partial charge in [0.15, 0.2) is 0 Å². The van der Waals surface area contributed by atoms with Gasteiger partial charge in [-0.25, -0.2) is 9.97 Å². The molecule has 0 spiro atoms. The number of nitrogens with zero attached hydrogens (tertiary/aromatic N) is 4. The minimum Gasteiger partial charge on any atom is -0.334 e. The maximum absolute atomic E-state index is 12.6. The van der Waals surface area contributed by atoms with Crippen molar-refractivity contribution in [2.24, 2.45) is 0 Å². The summed E-state index contributed by atoms with van der Waals surface area (Å²) < 4.78 is 0. The Kier molecular flexibility index (Phi) is 3.62. The SMILES string of the molecule is O=C1C2CCCCN2C(=O)CCN1Cc1ccncn1. The van der Waals surface area contributed by atoms with Crippen molar-refractivity contribution in [1.82, 2.24) is 19.8 Å². The Morgan fingerprint density at radius 2 is 2.15 bits per heavy atom. The number of carbonyl (C=O) groups excluding carboxylic acids is 2. The van der Waals surface area contributed by atoms with Crippen LogP contribution in [0.5, 0.6) is 0 Å². The summed E-state index contributed by atoms with van der Waals surface area (Å²) >= 11 is 0. The van der Waals surface area contributed by atoms with Gasteiger partial charge in [-0.1, -0.05) is 0 Å². The predicted octanol–water partition coefficient (Wildman–Crippen LogP) is 0.590. The molecule has 2 aliphatic rings. The lowest BCUT2D eigenvalue weighted by atomic mass is 10.0. The van der Waals surface area contributed by atoms with Crippen LogP contribution < -0.4 is 0 Å². The molecule has 0 saturated carbocycles. The van der Waals surface area contributed by atoms with Gasteiger partial charge in [0.05, 0.1) is 12.2 Å². The van der Waals surface area contributed by atoms with Gasteiger partial charge in [-0.3, -0.25) is 9.59 Å². The van der Waals surface area contributed by atoms with Crippen LogP contribution in [0.1, 0.15) is 31.4 Å². The molecule has 3 rings (SSSR count). The largest absolute Gasteiger partial charge is 0.334 e. The molecule has 0 N–H and O–H groups in total. The highest BCUT2D eigenvalue weighted by atomic mass is 16.2. The molecule has 0 aromatic carbocycles. The number of hydrogen-bond acceptors (Lipinski definition) is 4. The number of amides is 2. The van der Waals surface area contributed by atoms with E-state index in [4.69, 9.17) is 0 Å². The first kappa shape index (κ1) is 13.0. The average molecular weight is 274 g/mol. The van der Waals surface area contributed by atoms with E-state index in [1.807, 2.05) is 0 Å². The van der Waals surface area contributed by atoms with E-state index in [0.717, 1.165) is 31.5 Å². The van der Waals surface area contributed by atoms with E-state index in [1.54, 1.807) is 22.1 Å². The Bertz CT molecular complexity index is 505. The zero-order chi connectivity index (χ0) is 13.9. The Balaban J connectivity index is 1.78. The molecule has 1 unspecified atom stereocenters. The lowest BCUT2D eigenvalue weighted by Crippen LogP contribution is -2.49. The summed E-state index contributed by atoms with van der Waals surface area (Å²) in [5.41, 5.74) is 0.810. The summed E-state index contributed by atoms with van der Waals surface area (Å²) in [6, 6.07) is 1.54. The monoisotopic (exact) mass is 274 g/mol. The third-order valence-electron chi connectivity index (χ3n) is 4.01. The first-order chi connectivity index (χ1) is 9.75. The fourth-order valence-electron chi connectivity index (χ4n) is 2.95. The molecule has 1 aromatic heterocycles. The molecular formula is C14H18N4O2. The van der Waals surface area contributed by atoms with Gasteiger partial charge in [-0.05, 0) is 25.3 Å². The van der Waals surface area contributed by atoms with Gasteiger partial charge in [0.25, 0.3) is 0 Å². The molecule has 6 nitrogen and oxygen atoms in total. The topological polar surface area (TPSA) is 66.4 Å². The van der Waals surface area contributed by atoms with E-state index in [2.05, 4.69) is 9.97 Å². The van der Waals surface area contributed by atoms with Crippen molar-refractivity contribution in [3.8, 4) is 0 Å². The number of rotatable bonds is 2. The van der Waals surface area contributed by atoms with Gasteiger partial charge in [0, 0.05) is 25.7 Å². The third kappa shape index (κ3) is 2.50. The van der Waals surface area contributed by atoms with Crippen LogP contribution in [-0.4, -0.2) is 50.7 Å². The van der Waals surface area contributed by atoms with E-state index in [1.165, 1.54) is 6.33 Å². The molecule has 20 heavy (non-hydrogen) atoms. The standard InChI is InChI=1S/C14H18N4O2/c19-13-5-8-17(9-11-4-6-15-10-16-11)14(20)12-3-1-2-7-18(12)13/h4,6,10,12H,1-3,5,7-9H2. The Labute approximate surface area is 117 Å². The van der Waals surface area contributed by atoms with Gasteiger partial charge in [0.1, 0.15) is 12.4 Å². The van der Waals surface area contributed by atoms with Crippen molar-refractivity contribution in [3.05, 3.63) is 24.3 Å². The summed E-state index contributed by atoms with van der Waals surface area (Å²) in [6.45, 7) is 1.66. The van der Waals surface area contributed by atoms with Crippen molar-refractivity contribution < 1.29 is 9.59 Å². The maximum Gasteiger partial charge on any atom is 0.245 e. The number of carbonyl (C=O) groups is 2. The highest BCUT2D eigenvalue weighted by Crippen LogP contribution is 2.23. The van der Waals surface area contributed by atoms with Crippen molar-refractivity contribution in [2.45, 2.75) is 38.3 Å². The van der Waals surface area contributed by atoms with Crippen LogP contribution in [0.3, 0.4) is 0 Å². The molecule has 0 bridgehead atoms. The lowest BCUT2D eigenvalue weighted by Gasteiger charge is -2.34. The van der Waals surface area contributed by atoms with Gasteiger partial charge in [-0.2, -0.15) is 0 Å². The first-order valence-corrected chi connectivity index (χ1v) is 7.09. The summed E-state index contributed by atoms with van der Waals surface area (Å²) in [4.78, 5) is 36.3. The molecular weight excluding hydrogens is 256 g/mol. The minimum atomic E-state index is -0.263. The van der Waals surface area contributed by atoms with Crippen LogP contribution in [0.25, 0.3) is 0 Å². The predicted molar refractivity (Wildman–Crippen MR) is 71.4 cm³/mol. The second-order valence-corrected chi connectivity index (χ2v) is 5.31. The third-order valence-corrected chi connectivity index (χ3v) is 4.01. The van der Waals surface area contributed by atoms with Crippen molar-refractivity contribution >= 4 is 11.8 Å². The molecule has 6 heteroatoms. The minimum absolute atomic E-state index is 0.0640. The normalized spacial score (nSPS) is 23.5. The quantitative estimate of drug-likeness (QED) is 0.791. The van der Waals surface area contributed by atoms with E-state index in [-0.39, 0.29) is 17.9 Å². The van der Waals surface area contributed by atoms with E-state index >= 15 is 0 Å². The van der Waals surface area contributed by atoms with E-state index in [9.17, 15) is 9.59 Å². The van der Waals surface area contributed by atoms with E-state index in [0.29, 0.717) is 19.5 Å². The van der Waals surface area contributed by atoms with Crippen LogP contribution in [-0.2, 0) is 16.1 Å². The molecule has 3 heterocycles. The summed E-state index contributed by atoms with van der Waals surface area (Å²) in [5.74, 6) is 0.169. The second-order valence-electron chi connectivity index (χ2n) is 5.31. The molecule has 2 saturated heterocycles. The van der Waals surface area contributed by atoms with Crippen LogP contribution in [0.4, 0.5) is 0 Å². The summed E-state index contributed by atoms with van der Waals surface area (Å²) in [7, 11) is 0. The van der Waals surface area contributed by atoms with Gasteiger partial charge in [-0.15, -0.1) is 0 Å². The van der Waals surface area contributed by atoms with Crippen LogP contribution >= 0.6 is 0 Å². The molecule has 0 aliphatic carbocycles. The lowest BCUT2D eigenvalue weighted by molar-refractivity contribution is -0.143. The van der Waals surface area contributed by atoms with Gasteiger partial charge in [0.2, 0.25) is 11.8 Å². The zero-order valence-electron chi connectivity index (χ0n) is 11.4. The number of hydrogen-bond donors (Lipinski definition) is 0. The molecule has 1 atom stereocenters. The molecule has 0 radical (unpaired) electrons. The Morgan fingerprint density at radius 3 is 2.95 bits per heavy atom. The summed E-state index contributed by atoms with van der Waals surface area (Å²) in [5, 5.41) is 0. The van der Waals surface area contributed by atoms with Crippen molar-refractivity contribution in [1.29, 1.82) is 0 Å². The van der Waals surface area contributed by atoms with Gasteiger partial charge < -0.3 is 9.80 Å². The average Bonchev–Trinajstić information content (AvgIpc) is 2.61. The maximum atomic E-state index is 12.6. The fraction of sp³-hybridized carbons (Fsp3) is 0.571.